The Kier molecular flexibility index (Phi) is 4.08. The minimum absolute atomic E-state index is 0.114. The number of hydrogen-bond acceptors (Lipinski definition) is 3. The summed E-state index contributed by atoms with van der Waals surface area (Å²) in [5.74, 6) is 0. The van der Waals surface area contributed by atoms with Crippen LogP contribution in [0, 0.1) is 0 Å². The van der Waals surface area contributed by atoms with Crippen LogP contribution in [0.4, 0.5) is 5.69 Å². The number of sulfonamides is 1. The topological polar surface area (TPSA) is 46.2 Å². The zero-order chi connectivity index (χ0) is 13.3. The van der Waals surface area contributed by atoms with E-state index in [4.69, 9.17) is 34.8 Å². The van der Waals surface area contributed by atoms with Gasteiger partial charge in [-0.1, -0.05) is 40.9 Å². The lowest BCUT2D eigenvalue weighted by molar-refractivity contribution is 0.603. The number of thiophene rings is 1. The fourth-order valence-electron chi connectivity index (χ4n) is 1.22. The van der Waals surface area contributed by atoms with E-state index in [2.05, 4.69) is 4.72 Å². The first-order chi connectivity index (χ1) is 8.40. The van der Waals surface area contributed by atoms with Crippen molar-refractivity contribution < 1.29 is 8.42 Å². The van der Waals surface area contributed by atoms with Crippen LogP contribution < -0.4 is 4.72 Å². The molecule has 0 spiro atoms. The molecule has 8 heteroatoms. The highest BCUT2D eigenvalue weighted by molar-refractivity contribution is 7.94. The quantitative estimate of drug-likeness (QED) is 0.892. The molecule has 0 amide bonds. The second-order valence-corrected chi connectivity index (χ2v) is 7.67. The molecule has 0 aliphatic heterocycles. The van der Waals surface area contributed by atoms with Gasteiger partial charge in [0.15, 0.2) is 0 Å². The van der Waals surface area contributed by atoms with Crippen LogP contribution in [0.3, 0.4) is 0 Å². The van der Waals surface area contributed by atoms with Gasteiger partial charge in [0.2, 0.25) is 0 Å². The molecule has 0 atom stereocenters. The van der Waals surface area contributed by atoms with Gasteiger partial charge < -0.3 is 0 Å². The summed E-state index contributed by atoms with van der Waals surface area (Å²) in [7, 11) is -3.69. The molecule has 0 radical (unpaired) electrons. The van der Waals surface area contributed by atoms with Crippen molar-refractivity contribution in [3.63, 3.8) is 0 Å². The predicted octanol–water partition coefficient (Wildman–Crippen LogP) is 4.51. The zero-order valence-electron chi connectivity index (χ0n) is 8.65. The molecule has 0 aliphatic rings. The van der Waals surface area contributed by atoms with Crippen molar-refractivity contribution in [2.75, 3.05) is 4.72 Å². The lowest BCUT2D eigenvalue weighted by Gasteiger charge is -2.08. The third-order valence-electron chi connectivity index (χ3n) is 2.01. The average molecular weight is 343 g/mol. The molecule has 1 aromatic carbocycles. The Morgan fingerprint density at radius 1 is 1.06 bits per heavy atom. The molecule has 2 aromatic rings. The molecule has 96 valence electrons. The largest absolute Gasteiger partial charge is 0.277 e. The maximum absolute atomic E-state index is 12.0. The van der Waals surface area contributed by atoms with Crippen LogP contribution in [-0.4, -0.2) is 8.42 Å². The van der Waals surface area contributed by atoms with E-state index in [0.717, 1.165) is 11.3 Å². The van der Waals surface area contributed by atoms with Gasteiger partial charge in [0.05, 0.1) is 20.1 Å². The molecule has 0 saturated carbocycles. The second-order valence-electron chi connectivity index (χ2n) is 3.27. The van der Waals surface area contributed by atoms with E-state index in [1.54, 1.807) is 12.1 Å². The highest BCUT2D eigenvalue weighted by atomic mass is 35.5. The van der Waals surface area contributed by atoms with E-state index in [9.17, 15) is 8.42 Å². The summed E-state index contributed by atoms with van der Waals surface area (Å²) in [6.07, 6.45) is 0. The number of rotatable bonds is 3. The molecule has 3 nitrogen and oxygen atoms in total. The lowest BCUT2D eigenvalue weighted by atomic mass is 10.3. The fraction of sp³-hybridized carbons (Fsp3) is 0. The third kappa shape index (κ3) is 2.92. The van der Waals surface area contributed by atoms with Crippen molar-refractivity contribution >= 4 is 61.9 Å². The molecule has 1 N–H and O–H groups in total. The van der Waals surface area contributed by atoms with E-state index in [1.165, 1.54) is 18.2 Å². The molecule has 1 aromatic heterocycles. The number of nitrogens with one attached hydrogen (secondary N) is 1. The molecule has 0 unspecified atom stereocenters. The molecule has 0 saturated heterocycles. The van der Waals surface area contributed by atoms with Gasteiger partial charge in [-0.05, 0) is 24.3 Å². The van der Waals surface area contributed by atoms with Crippen molar-refractivity contribution in [2.45, 2.75) is 4.21 Å². The third-order valence-corrected chi connectivity index (χ3v) is 5.92. The number of halogens is 3. The van der Waals surface area contributed by atoms with Gasteiger partial charge in [-0.15, -0.1) is 11.3 Å². The summed E-state index contributed by atoms with van der Waals surface area (Å²) in [6, 6.07) is 7.65. The van der Waals surface area contributed by atoms with Crippen LogP contribution in [0.5, 0.6) is 0 Å². The first-order valence-electron chi connectivity index (χ1n) is 4.62. The first-order valence-corrected chi connectivity index (χ1v) is 8.06. The Bertz CT molecular complexity index is 682. The first kappa shape index (κ1) is 14.0. The van der Waals surface area contributed by atoms with Gasteiger partial charge >= 0.3 is 0 Å². The smallest absolute Gasteiger partial charge is 0.271 e. The van der Waals surface area contributed by atoms with Crippen molar-refractivity contribution in [1.82, 2.24) is 0 Å². The van der Waals surface area contributed by atoms with Crippen LogP contribution in [0.2, 0.25) is 14.4 Å². The van der Waals surface area contributed by atoms with Crippen molar-refractivity contribution in [3.05, 3.63) is 44.7 Å². The molecular formula is C10H6Cl3NO2S2. The maximum atomic E-state index is 12.0. The molecular weight excluding hydrogens is 337 g/mol. The molecule has 0 bridgehead atoms. The highest BCUT2D eigenvalue weighted by Crippen LogP contribution is 2.32. The Labute approximate surface area is 123 Å². The van der Waals surface area contributed by atoms with Crippen LogP contribution >= 0.6 is 46.1 Å². The SMILES string of the molecule is O=S(=O)(Nc1cccc(Cl)c1Cl)c1ccc(Cl)s1. The van der Waals surface area contributed by atoms with Crippen LogP contribution in [0.1, 0.15) is 0 Å². The maximum Gasteiger partial charge on any atom is 0.271 e. The Hall–Kier alpha value is -0.460. The lowest BCUT2D eigenvalue weighted by Crippen LogP contribution is -2.11. The van der Waals surface area contributed by atoms with Gasteiger partial charge in [-0.3, -0.25) is 4.72 Å². The summed E-state index contributed by atoms with van der Waals surface area (Å²) in [4.78, 5) is 0. The number of benzene rings is 1. The normalized spacial score (nSPS) is 11.5. The standard InChI is InChI=1S/C10H6Cl3NO2S2/c11-6-2-1-3-7(10(6)13)14-18(15,16)9-5-4-8(12)17-9/h1-5,14H. The van der Waals surface area contributed by atoms with Crippen LogP contribution in [0.15, 0.2) is 34.5 Å². The van der Waals surface area contributed by atoms with Gasteiger partial charge in [-0.25, -0.2) is 8.42 Å². The summed E-state index contributed by atoms with van der Waals surface area (Å²) >= 11 is 18.4. The fourth-order valence-corrected chi connectivity index (χ4v) is 4.18. The summed E-state index contributed by atoms with van der Waals surface area (Å²) < 4.78 is 26.9. The van der Waals surface area contributed by atoms with E-state index in [0.29, 0.717) is 4.34 Å². The average Bonchev–Trinajstić information content (AvgIpc) is 2.72. The van der Waals surface area contributed by atoms with Crippen LogP contribution in [-0.2, 0) is 10.0 Å². The molecule has 18 heavy (non-hydrogen) atoms. The molecule has 1 heterocycles. The number of anilines is 1. The van der Waals surface area contributed by atoms with Crippen LogP contribution in [0.25, 0.3) is 0 Å². The van der Waals surface area contributed by atoms with Gasteiger partial charge in [0.1, 0.15) is 4.21 Å². The van der Waals surface area contributed by atoms with E-state index >= 15 is 0 Å². The minimum atomic E-state index is -3.69. The zero-order valence-corrected chi connectivity index (χ0v) is 12.6. The van der Waals surface area contributed by atoms with E-state index < -0.39 is 10.0 Å². The van der Waals surface area contributed by atoms with Gasteiger partial charge in [-0.2, -0.15) is 0 Å². The van der Waals surface area contributed by atoms with Crippen molar-refractivity contribution in [2.24, 2.45) is 0 Å². The van der Waals surface area contributed by atoms with Crippen molar-refractivity contribution in [3.8, 4) is 0 Å². The second kappa shape index (κ2) is 5.27. The molecule has 0 fully saturated rings. The van der Waals surface area contributed by atoms with Gasteiger partial charge in [0.25, 0.3) is 10.0 Å². The summed E-state index contributed by atoms with van der Waals surface area (Å²) in [5.41, 5.74) is 0.230. The Balaban J connectivity index is 2.37. The minimum Gasteiger partial charge on any atom is -0.277 e. The predicted molar refractivity (Wildman–Crippen MR) is 76.6 cm³/mol. The van der Waals surface area contributed by atoms with Gasteiger partial charge in [0, 0.05) is 0 Å². The Morgan fingerprint density at radius 2 is 1.78 bits per heavy atom. The summed E-state index contributed by atoms with van der Waals surface area (Å²) in [5, 5.41) is 0.437. The summed E-state index contributed by atoms with van der Waals surface area (Å²) in [6.45, 7) is 0. The van der Waals surface area contributed by atoms with Crippen molar-refractivity contribution in [1.29, 1.82) is 0 Å². The van der Waals surface area contributed by atoms with E-state index in [-0.39, 0.29) is 19.9 Å². The van der Waals surface area contributed by atoms with E-state index in [1.807, 2.05) is 0 Å². The highest BCUT2D eigenvalue weighted by Gasteiger charge is 2.18. The monoisotopic (exact) mass is 341 g/mol. The Morgan fingerprint density at radius 3 is 2.39 bits per heavy atom. The molecule has 0 aliphatic carbocycles. The number of hydrogen-bond donors (Lipinski definition) is 1. The molecule has 2 rings (SSSR count).